The average Bonchev–Trinajstić information content (AvgIpc) is 2.49. The van der Waals surface area contributed by atoms with Crippen molar-refractivity contribution < 1.29 is 19.0 Å². The molecule has 1 aliphatic carbocycles. The number of hydrogen-bond donors (Lipinski definition) is 0. The third-order valence-electron chi connectivity index (χ3n) is 5.63. The largest absolute Gasteiger partial charge is 0.497 e. The van der Waals surface area contributed by atoms with Crippen LogP contribution in [0, 0.1) is 11.3 Å². The summed E-state index contributed by atoms with van der Waals surface area (Å²) in [7, 11) is 1.65. The molecule has 2 aliphatic rings. The van der Waals surface area contributed by atoms with Crippen LogP contribution in [0.4, 0.5) is 0 Å². The topological polar surface area (TPSA) is 44.8 Å². The van der Waals surface area contributed by atoms with Crippen molar-refractivity contribution in [3.63, 3.8) is 0 Å². The van der Waals surface area contributed by atoms with Crippen molar-refractivity contribution in [2.24, 2.45) is 11.3 Å². The van der Waals surface area contributed by atoms with Gasteiger partial charge in [-0.25, -0.2) is 0 Å². The fourth-order valence-electron chi connectivity index (χ4n) is 4.20. The molecule has 1 unspecified atom stereocenters. The Hall–Kier alpha value is -1.55. The molecule has 1 saturated heterocycles. The van der Waals surface area contributed by atoms with Crippen LogP contribution in [-0.4, -0.2) is 24.8 Å². The van der Waals surface area contributed by atoms with E-state index in [2.05, 4.69) is 20.8 Å². The highest BCUT2D eigenvalue weighted by molar-refractivity contribution is 5.67. The van der Waals surface area contributed by atoms with Gasteiger partial charge in [-0.1, -0.05) is 32.9 Å². The second-order valence-electron chi connectivity index (χ2n) is 8.17. The van der Waals surface area contributed by atoms with Crippen molar-refractivity contribution in [2.75, 3.05) is 7.11 Å². The number of benzene rings is 1. The fraction of sp³-hybridized carbons (Fsp3) is 0.650. The Morgan fingerprint density at radius 2 is 2.08 bits per heavy atom. The molecule has 0 spiro atoms. The molecule has 2 fully saturated rings. The molecule has 0 bridgehead atoms. The van der Waals surface area contributed by atoms with Gasteiger partial charge in [-0.05, 0) is 48.3 Å². The van der Waals surface area contributed by atoms with Crippen LogP contribution < -0.4 is 4.74 Å². The van der Waals surface area contributed by atoms with Gasteiger partial charge in [0, 0.05) is 6.92 Å². The van der Waals surface area contributed by atoms with Crippen molar-refractivity contribution in [3.05, 3.63) is 29.8 Å². The maximum Gasteiger partial charge on any atom is 0.303 e. The van der Waals surface area contributed by atoms with Gasteiger partial charge < -0.3 is 14.2 Å². The fourth-order valence-corrected chi connectivity index (χ4v) is 4.20. The highest BCUT2D eigenvalue weighted by Crippen LogP contribution is 2.57. The van der Waals surface area contributed by atoms with Crippen LogP contribution in [0.15, 0.2) is 24.3 Å². The molecule has 1 saturated carbocycles. The molecule has 0 amide bonds. The van der Waals surface area contributed by atoms with E-state index in [-0.39, 0.29) is 23.6 Å². The molecular weight excluding hydrogens is 304 g/mol. The molecule has 4 atom stereocenters. The minimum absolute atomic E-state index is 0.0180. The first-order chi connectivity index (χ1) is 11.3. The van der Waals surface area contributed by atoms with Gasteiger partial charge in [-0.3, -0.25) is 4.79 Å². The highest BCUT2D eigenvalue weighted by Gasteiger charge is 2.63. The molecule has 1 aromatic rings. The Labute approximate surface area is 144 Å². The van der Waals surface area contributed by atoms with E-state index < -0.39 is 5.60 Å². The number of esters is 1. The summed E-state index contributed by atoms with van der Waals surface area (Å²) in [5.41, 5.74) is 0.730. The maximum absolute atomic E-state index is 11.8. The number of rotatable bonds is 3. The number of ether oxygens (including phenoxy) is 3. The van der Waals surface area contributed by atoms with Gasteiger partial charge in [0.25, 0.3) is 0 Å². The van der Waals surface area contributed by atoms with E-state index in [1.165, 1.54) is 6.92 Å². The molecule has 1 aromatic carbocycles. The van der Waals surface area contributed by atoms with E-state index >= 15 is 0 Å². The summed E-state index contributed by atoms with van der Waals surface area (Å²) >= 11 is 0. The number of carbonyl (C=O) groups excluding carboxylic acids is 1. The summed E-state index contributed by atoms with van der Waals surface area (Å²) in [6, 6.07) is 7.86. The van der Waals surface area contributed by atoms with E-state index in [1.54, 1.807) is 7.11 Å². The molecule has 3 rings (SSSR count). The standard InChI is InChI=1S/C20H28O4/c1-13(21)24-20-10-9-15(19(2,3)4)12-17(20)23-18(20)14-7-6-8-16(11-14)22-5/h6-8,11,15,17-18H,9-10,12H2,1-5H3/t15?,17-,18-,20-/m1/s1. The van der Waals surface area contributed by atoms with E-state index in [0.717, 1.165) is 30.6 Å². The van der Waals surface area contributed by atoms with E-state index in [1.807, 2.05) is 24.3 Å². The first kappa shape index (κ1) is 17.3. The van der Waals surface area contributed by atoms with Crippen LogP contribution in [0.5, 0.6) is 5.75 Å². The minimum atomic E-state index is -0.528. The second-order valence-corrected chi connectivity index (χ2v) is 8.17. The summed E-state index contributed by atoms with van der Waals surface area (Å²) in [6.45, 7) is 8.31. The molecule has 24 heavy (non-hydrogen) atoms. The molecule has 4 nitrogen and oxygen atoms in total. The van der Waals surface area contributed by atoms with Crippen molar-refractivity contribution in [1.82, 2.24) is 0 Å². The lowest BCUT2D eigenvalue weighted by molar-refractivity contribution is -0.321. The first-order valence-electron chi connectivity index (χ1n) is 8.75. The van der Waals surface area contributed by atoms with Crippen LogP contribution in [0.25, 0.3) is 0 Å². The van der Waals surface area contributed by atoms with Crippen molar-refractivity contribution in [2.45, 2.75) is 64.8 Å². The molecular formula is C20H28O4. The van der Waals surface area contributed by atoms with Crippen LogP contribution in [0.1, 0.15) is 58.6 Å². The predicted octanol–water partition coefficient (Wildman–Crippen LogP) is 4.28. The zero-order valence-corrected chi connectivity index (χ0v) is 15.3. The molecule has 0 N–H and O–H groups in total. The summed E-state index contributed by atoms with van der Waals surface area (Å²) in [5, 5.41) is 0. The molecule has 4 heteroatoms. The lowest BCUT2D eigenvalue weighted by Gasteiger charge is -2.59. The number of hydrogen-bond acceptors (Lipinski definition) is 4. The van der Waals surface area contributed by atoms with E-state index in [0.29, 0.717) is 5.92 Å². The Morgan fingerprint density at radius 3 is 2.67 bits per heavy atom. The molecule has 0 radical (unpaired) electrons. The summed E-state index contributed by atoms with van der Waals surface area (Å²) in [6.07, 6.45) is 2.62. The quantitative estimate of drug-likeness (QED) is 0.775. The maximum atomic E-state index is 11.8. The molecule has 0 aromatic heterocycles. The molecule has 1 aliphatic heterocycles. The third kappa shape index (κ3) is 2.92. The van der Waals surface area contributed by atoms with Gasteiger partial charge in [0.05, 0.1) is 7.11 Å². The SMILES string of the molecule is COc1cccc([C@H]2O[C@@H]3CC(C(C)(C)C)CC[C@]23OC(C)=O)c1. The van der Waals surface area contributed by atoms with Gasteiger partial charge >= 0.3 is 5.97 Å². The highest BCUT2D eigenvalue weighted by atomic mass is 16.6. The van der Waals surface area contributed by atoms with Crippen molar-refractivity contribution >= 4 is 5.97 Å². The lowest BCUT2D eigenvalue weighted by atomic mass is 9.62. The Morgan fingerprint density at radius 1 is 1.33 bits per heavy atom. The van der Waals surface area contributed by atoms with Gasteiger partial charge in [-0.2, -0.15) is 0 Å². The van der Waals surface area contributed by atoms with Gasteiger partial charge in [-0.15, -0.1) is 0 Å². The number of methoxy groups -OCH3 is 1. The Kier molecular flexibility index (Phi) is 4.37. The van der Waals surface area contributed by atoms with Crippen LogP contribution in [-0.2, 0) is 14.3 Å². The van der Waals surface area contributed by atoms with Crippen molar-refractivity contribution in [3.8, 4) is 5.75 Å². The lowest BCUT2D eigenvalue weighted by Crippen LogP contribution is -2.65. The minimum Gasteiger partial charge on any atom is -0.497 e. The molecule has 1 heterocycles. The van der Waals surface area contributed by atoms with Gasteiger partial charge in [0.1, 0.15) is 18.0 Å². The van der Waals surface area contributed by atoms with Crippen LogP contribution >= 0.6 is 0 Å². The summed E-state index contributed by atoms with van der Waals surface area (Å²) < 4.78 is 17.4. The van der Waals surface area contributed by atoms with E-state index in [9.17, 15) is 4.79 Å². The summed E-state index contributed by atoms with van der Waals surface area (Å²) in [4.78, 5) is 11.8. The Balaban J connectivity index is 1.87. The number of fused-ring (bicyclic) bond motifs is 1. The predicted molar refractivity (Wildman–Crippen MR) is 91.9 cm³/mol. The average molecular weight is 332 g/mol. The second kappa shape index (κ2) is 6.07. The molecule has 132 valence electrons. The normalized spacial score (nSPS) is 32.5. The van der Waals surface area contributed by atoms with Crippen LogP contribution in [0.3, 0.4) is 0 Å². The monoisotopic (exact) mass is 332 g/mol. The number of carbonyl (C=O) groups is 1. The van der Waals surface area contributed by atoms with Gasteiger partial charge in [0.2, 0.25) is 0 Å². The van der Waals surface area contributed by atoms with E-state index in [4.69, 9.17) is 14.2 Å². The zero-order valence-electron chi connectivity index (χ0n) is 15.3. The summed E-state index contributed by atoms with van der Waals surface area (Å²) in [5.74, 6) is 1.14. The van der Waals surface area contributed by atoms with Crippen molar-refractivity contribution in [1.29, 1.82) is 0 Å². The first-order valence-corrected chi connectivity index (χ1v) is 8.75. The zero-order chi connectivity index (χ0) is 17.5. The van der Waals surface area contributed by atoms with Gasteiger partial charge in [0.15, 0.2) is 5.60 Å². The third-order valence-corrected chi connectivity index (χ3v) is 5.63. The Bertz CT molecular complexity index is 618. The van der Waals surface area contributed by atoms with Crippen LogP contribution in [0.2, 0.25) is 0 Å². The smallest absolute Gasteiger partial charge is 0.303 e.